The Kier molecular flexibility index (Phi) is 6.67. The van der Waals surface area contributed by atoms with Crippen LogP contribution in [0.25, 0.3) is 0 Å². The Labute approximate surface area is 181 Å². The van der Waals surface area contributed by atoms with Gasteiger partial charge in [-0.05, 0) is 46.7 Å². The fourth-order valence-corrected chi connectivity index (χ4v) is 4.34. The zero-order valence-electron chi connectivity index (χ0n) is 17.0. The van der Waals surface area contributed by atoms with Gasteiger partial charge in [-0.3, -0.25) is 10.1 Å². The maximum Gasteiger partial charge on any atom is 0.234 e. The van der Waals surface area contributed by atoms with E-state index in [1.165, 1.54) is 16.0 Å². The molecular weight excluding hydrogens is 396 g/mol. The maximum atomic E-state index is 12.5. The summed E-state index contributed by atoms with van der Waals surface area (Å²) >= 11 is 1.69. The Balaban J connectivity index is 1.35. The zero-order chi connectivity index (χ0) is 20.8. The molecule has 1 atom stereocenters. The van der Waals surface area contributed by atoms with E-state index in [0.717, 1.165) is 29.9 Å². The summed E-state index contributed by atoms with van der Waals surface area (Å²) in [6.45, 7) is 3.13. The average molecular weight is 423 g/mol. The van der Waals surface area contributed by atoms with Gasteiger partial charge < -0.3 is 14.8 Å². The molecule has 30 heavy (non-hydrogen) atoms. The van der Waals surface area contributed by atoms with Crippen molar-refractivity contribution in [3.8, 4) is 11.5 Å². The topological polar surface area (TPSA) is 59.6 Å². The monoisotopic (exact) mass is 422 g/mol. The highest BCUT2D eigenvalue weighted by Crippen LogP contribution is 2.32. The predicted octanol–water partition coefficient (Wildman–Crippen LogP) is 4.42. The van der Waals surface area contributed by atoms with Crippen LogP contribution in [0.1, 0.15) is 41.0 Å². The lowest BCUT2D eigenvalue weighted by Crippen LogP contribution is -2.35. The molecule has 1 amide bonds. The zero-order valence-corrected chi connectivity index (χ0v) is 17.8. The number of aryl methyl sites for hydroxylation is 1. The van der Waals surface area contributed by atoms with Crippen LogP contribution in [0, 0.1) is 0 Å². The first-order chi connectivity index (χ1) is 14.7. The fourth-order valence-electron chi connectivity index (χ4n) is 3.51. The standard InChI is InChI=1S/C24H26N2O3S/c1-2-4-17-6-9-19(10-7-17)24(22-5-3-12-30-22)26-15-23(27)25-14-18-8-11-20-21(13-18)29-16-28-20/h3,5-13,24,26H,2,4,14-16H2,1H3,(H,25,27)/t24-/m0/s1. The van der Waals surface area contributed by atoms with Gasteiger partial charge in [0.15, 0.2) is 11.5 Å². The van der Waals surface area contributed by atoms with Crippen molar-refractivity contribution >= 4 is 17.2 Å². The number of hydrogen-bond donors (Lipinski definition) is 2. The van der Waals surface area contributed by atoms with E-state index in [0.29, 0.717) is 6.54 Å². The van der Waals surface area contributed by atoms with Crippen molar-refractivity contribution in [2.24, 2.45) is 0 Å². The summed E-state index contributed by atoms with van der Waals surface area (Å²) < 4.78 is 10.7. The Morgan fingerprint density at radius 1 is 1.07 bits per heavy atom. The molecule has 2 N–H and O–H groups in total. The molecule has 5 nitrogen and oxygen atoms in total. The molecule has 2 aromatic carbocycles. The van der Waals surface area contributed by atoms with Crippen LogP contribution in [-0.2, 0) is 17.8 Å². The highest BCUT2D eigenvalue weighted by atomic mass is 32.1. The predicted molar refractivity (Wildman–Crippen MR) is 119 cm³/mol. The van der Waals surface area contributed by atoms with Crippen LogP contribution in [-0.4, -0.2) is 19.2 Å². The van der Waals surface area contributed by atoms with Gasteiger partial charge in [-0.15, -0.1) is 11.3 Å². The van der Waals surface area contributed by atoms with Gasteiger partial charge in [-0.1, -0.05) is 49.7 Å². The summed E-state index contributed by atoms with van der Waals surface area (Å²) in [5, 5.41) is 8.46. The van der Waals surface area contributed by atoms with Gasteiger partial charge in [-0.2, -0.15) is 0 Å². The van der Waals surface area contributed by atoms with Crippen molar-refractivity contribution in [3.63, 3.8) is 0 Å². The molecule has 0 radical (unpaired) electrons. The Morgan fingerprint density at radius 2 is 1.87 bits per heavy atom. The minimum atomic E-state index is -0.0446. The van der Waals surface area contributed by atoms with Crippen molar-refractivity contribution in [2.75, 3.05) is 13.3 Å². The third-order valence-corrected chi connectivity index (χ3v) is 6.01. The van der Waals surface area contributed by atoms with Gasteiger partial charge in [0, 0.05) is 11.4 Å². The number of hydrogen-bond acceptors (Lipinski definition) is 5. The second-order valence-electron chi connectivity index (χ2n) is 7.29. The molecule has 1 aliphatic heterocycles. The average Bonchev–Trinajstić information content (AvgIpc) is 3.45. The van der Waals surface area contributed by atoms with E-state index in [1.54, 1.807) is 11.3 Å². The number of nitrogens with one attached hydrogen (secondary N) is 2. The summed E-state index contributed by atoms with van der Waals surface area (Å²) in [6, 6.07) is 18.5. The summed E-state index contributed by atoms with van der Waals surface area (Å²) in [6.07, 6.45) is 2.22. The quantitative estimate of drug-likeness (QED) is 0.536. The molecule has 0 fully saturated rings. The van der Waals surface area contributed by atoms with E-state index < -0.39 is 0 Å². The van der Waals surface area contributed by atoms with E-state index in [1.807, 2.05) is 24.3 Å². The van der Waals surface area contributed by atoms with Crippen molar-refractivity contribution in [2.45, 2.75) is 32.4 Å². The number of rotatable bonds is 9. The number of benzene rings is 2. The van der Waals surface area contributed by atoms with Crippen molar-refractivity contribution in [1.29, 1.82) is 0 Å². The van der Waals surface area contributed by atoms with Crippen LogP contribution in [0.2, 0.25) is 0 Å². The molecule has 0 saturated carbocycles. The lowest BCUT2D eigenvalue weighted by Gasteiger charge is -2.18. The van der Waals surface area contributed by atoms with Crippen LogP contribution < -0.4 is 20.1 Å². The van der Waals surface area contributed by atoms with Crippen molar-refractivity contribution in [1.82, 2.24) is 10.6 Å². The lowest BCUT2D eigenvalue weighted by molar-refractivity contribution is -0.120. The summed E-state index contributed by atoms with van der Waals surface area (Å²) in [4.78, 5) is 13.7. The molecular formula is C24H26N2O3S. The first kappa shape index (κ1) is 20.4. The molecule has 0 unspecified atom stereocenters. The van der Waals surface area contributed by atoms with E-state index in [2.05, 4.69) is 53.3 Å². The third kappa shape index (κ3) is 5.01. The van der Waals surface area contributed by atoms with Gasteiger partial charge in [-0.25, -0.2) is 0 Å². The summed E-state index contributed by atoms with van der Waals surface area (Å²) in [7, 11) is 0. The van der Waals surface area contributed by atoms with Gasteiger partial charge in [0.2, 0.25) is 12.7 Å². The van der Waals surface area contributed by atoms with E-state index in [-0.39, 0.29) is 25.3 Å². The molecule has 0 saturated heterocycles. The number of carbonyl (C=O) groups is 1. The number of amides is 1. The SMILES string of the molecule is CCCc1ccc([C@H](NCC(=O)NCc2ccc3c(c2)OCO3)c2cccs2)cc1. The first-order valence-corrected chi connectivity index (χ1v) is 11.1. The molecule has 6 heteroatoms. The first-order valence-electron chi connectivity index (χ1n) is 10.2. The van der Waals surface area contributed by atoms with E-state index >= 15 is 0 Å². The van der Waals surface area contributed by atoms with E-state index in [4.69, 9.17) is 9.47 Å². The maximum absolute atomic E-state index is 12.5. The molecule has 1 aliphatic rings. The van der Waals surface area contributed by atoms with Gasteiger partial charge in [0.05, 0.1) is 12.6 Å². The highest BCUT2D eigenvalue weighted by Gasteiger charge is 2.17. The summed E-state index contributed by atoms with van der Waals surface area (Å²) in [5.41, 5.74) is 3.49. The summed E-state index contributed by atoms with van der Waals surface area (Å²) in [5.74, 6) is 1.43. The lowest BCUT2D eigenvalue weighted by atomic mass is 10.0. The largest absolute Gasteiger partial charge is 0.454 e. The highest BCUT2D eigenvalue weighted by molar-refractivity contribution is 7.10. The third-order valence-electron chi connectivity index (χ3n) is 5.07. The molecule has 3 aromatic rings. The molecule has 156 valence electrons. The normalized spacial score (nSPS) is 13.2. The number of carbonyl (C=O) groups excluding carboxylic acids is 1. The van der Waals surface area contributed by atoms with Gasteiger partial charge >= 0.3 is 0 Å². The number of ether oxygens (including phenoxy) is 2. The second-order valence-corrected chi connectivity index (χ2v) is 8.26. The molecule has 2 heterocycles. The van der Waals surface area contributed by atoms with Crippen LogP contribution >= 0.6 is 11.3 Å². The van der Waals surface area contributed by atoms with Crippen molar-refractivity contribution in [3.05, 3.63) is 81.5 Å². The number of thiophene rings is 1. The van der Waals surface area contributed by atoms with Crippen LogP contribution in [0.3, 0.4) is 0 Å². The molecule has 0 spiro atoms. The van der Waals surface area contributed by atoms with E-state index in [9.17, 15) is 4.79 Å². The minimum Gasteiger partial charge on any atom is -0.454 e. The van der Waals surface area contributed by atoms with Crippen LogP contribution in [0.15, 0.2) is 60.0 Å². The Morgan fingerprint density at radius 3 is 2.63 bits per heavy atom. The molecule has 1 aromatic heterocycles. The molecule has 4 rings (SSSR count). The smallest absolute Gasteiger partial charge is 0.234 e. The van der Waals surface area contributed by atoms with Crippen LogP contribution in [0.4, 0.5) is 0 Å². The van der Waals surface area contributed by atoms with Crippen LogP contribution in [0.5, 0.6) is 11.5 Å². The Bertz CT molecular complexity index is 971. The van der Waals surface area contributed by atoms with Gasteiger partial charge in [0.1, 0.15) is 0 Å². The molecule has 0 aliphatic carbocycles. The van der Waals surface area contributed by atoms with Gasteiger partial charge in [0.25, 0.3) is 0 Å². The second kappa shape index (κ2) is 9.78. The fraction of sp³-hybridized carbons (Fsp3) is 0.292. The number of fused-ring (bicyclic) bond motifs is 1. The minimum absolute atomic E-state index is 0.00281. The van der Waals surface area contributed by atoms with Crippen molar-refractivity contribution < 1.29 is 14.3 Å². The molecule has 0 bridgehead atoms. The Hall–Kier alpha value is -2.83.